The number of aromatic nitrogens is 2. The Balaban J connectivity index is 1.80. The summed E-state index contributed by atoms with van der Waals surface area (Å²) in [6, 6.07) is 18.1. The maximum atomic E-state index is 14.0. The van der Waals surface area contributed by atoms with E-state index in [1.807, 2.05) is 31.2 Å². The van der Waals surface area contributed by atoms with Gasteiger partial charge in [0, 0.05) is 7.05 Å². The number of benzene rings is 3. The third-order valence-electron chi connectivity index (χ3n) is 7.14. The molecule has 0 aliphatic rings. The van der Waals surface area contributed by atoms with E-state index in [9.17, 15) is 18.0 Å². The summed E-state index contributed by atoms with van der Waals surface area (Å²) in [7, 11) is -2.45. The normalized spacial score (nSPS) is 12.9. The fraction of sp³-hybridized carbons (Fsp3) is 0.344. The van der Waals surface area contributed by atoms with Crippen molar-refractivity contribution in [2.75, 3.05) is 20.3 Å². The number of esters is 1. The molecule has 0 aliphatic carbocycles. The molecule has 0 radical (unpaired) electrons. The van der Waals surface area contributed by atoms with Crippen LogP contribution in [0.3, 0.4) is 0 Å². The largest absolute Gasteiger partial charge is 0.482 e. The van der Waals surface area contributed by atoms with Crippen molar-refractivity contribution in [2.24, 2.45) is 0 Å². The second-order valence-corrected chi connectivity index (χ2v) is 13.2. The molecule has 0 fully saturated rings. The molecule has 0 saturated carbocycles. The lowest BCUT2D eigenvalue weighted by Crippen LogP contribution is -2.35. The van der Waals surface area contributed by atoms with Crippen molar-refractivity contribution < 1.29 is 22.7 Å². The minimum absolute atomic E-state index is 0.121. The zero-order chi connectivity index (χ0) is 30.8. The predicted octanol–water partition coefficient (Wildman–Crippen LogP) is 5.32. The number of carbonyl (C=O) groups is 1. The van der Waals surface area contributed by atoms with Gasteiger partial charge in [-0.25, -0.2) is 18.2 Å². The van der Waals surface area contributed by atoms with Gasteiger partial charge in [-0.05, 0) is 74.2 Å². The third-order valence-corrected chi connectivity index (χ3v) is 9.08. The summed E-state index contributed by atoms with van der Waals surface area (Å²) < 4.78 is 40.6. The summed E-state index contributed by atoms with van der Waals surface area (Å²) in [5.74, 6) is 0.0484. The molecule has 222 valence electrons. The molecule has 9 nitrogen and oxygen atoms in total. The van der Waals surface area contributed by atoms with Crippen LogP contribution < -0.4 is 10.3 Å². The van der Waals surface area contributed by atoms with Gasteiger partial charge >= 0.3 is 5.97 Å². The molecule has 3 aromatic carbocycles. The Morgan fingerprint density at radius 2 is 1.67 bits per heavy atom. The highest BCUT2D eigenvalue weighted by Crippen LogP contribution is 2.29. The Labute approximate surface area is 246 Å². The van der Waals surface area contributed by atoms with Crippen LogP contribution in [0.2, 0.25) is 0 Å². The molecule has 0 aliphatic heterocycles. The van der Waals surface area contributed by atoms with Crippen LogP contribution >= 0.6 is 0 Å². The number of ether oxygens (including phenoxy) is 2. The highest BCUT2D eigenvalue weighted by atomic mass is 32.2. The summed E-state index contributed by atoms with van der Waals surface area (Å²) in [5.41, 5.74) is 2.42. The first-order valence-electron chi connectivity index (χ1n) is 13.7. The van der Waals surface area contributed by atoms with Gasteiger partial charge in [-0.3, -0.25) is 9.36 Å². The van der Waals surface area contributed by atoms with Gasteiger partial charge in [0.05, 0.1) is 34.1 Å². The number of nitrogens with zero attached hydrogens (tertiary/aromatic N) is 3. The average molecular weight is 592 g/mol. The van der Waals surface area contributed by atoms with Crippen LogP contribution in [-0.2, 0) is 25.0 Å². The van der Waals surface area contributed by atoms with Crippen molar-refractivity contribution in [1.82, 2.24) is 13.9 Å². The smallest absolute Gasteiger partial charge is 0.344 e. The van der Waals surface area contributed by atoms with Crippen LogP contribution in [0.5, 0.6) is 5.75 Å². The van der Waals surface area contributed by atoms with Crippen molar-refractivity contribution >= 4 is 26.9 Å². The third kappa shape index (κ3) is 6.39. The fourth-order valence-electron chi connectivity index (χ4n) is 4.50. The van der Waals surface area contributed by atoms with E-state index in [1.54, 1.807) is 50.2 Å². The first kappa shape index (κ1) is 30.9. The quantitative estimate of drug-likeness (QED) is 0.243. The number of sulfonamides is 1. The monoisotopic (exact) mass is 591 g/mol. The number of hydrogen-bond donors (Lipinski definition) is 0. The van der Waals surface area contributed by atoms with Crippen molar-refractivity contribution in [3.8, 4) is 11.4 Å². The van der Waals surface area contributed by atoms with Crippen LogP contribution in [-0.4, -0.2) is 48.5 Å². The highest BCUT2D eigenvalue weighted by molar-refractivity contribution is 7.89. The van der Waals surface area contributed by atoms with E-state index < -0.39 is 27.6 Å². The summed E-state index contributed by atoms with van der Waals surface area (Å²) in [6.07, 6.45) is 0. The van der Waals surface area contributed by atoms with Gasteiger partial charge in [0.2, 0.25) is 10.0 Å². The molecule has 4 rings (SSSR count). The molecule has 10 heteroatoms. The zero-order valence-electron chi connectivity index (χ0n) is 25.0. The van der Waals surface area contributed by atoms with E-state index in [0.717, 1.165) is 11.1 Å². The van der Waals surface area contributed by atoms with Gasteiger partial charge < -0.3 is 9.47 Å². The molecule has 4 aromatic rings. The molecule has 1 heterocycles. The molecule has 0 spiro atoms. The second-order valence-electron chi connectivity index (χ2n) is 11.2. The zero-order valence-corrected chi connectivity index (χ0v) is 25.9. The van der Waals surface area contributed by atoms with Crippen molar-refractivity contribution in [3.05, 3.63) is 94.0 Å². The molecule has 0 N–H and O–H groups in total. The van der Waals surface area contributed by atoms with Crippen LogP contribution in [0.25, 0.3) is 16.6 Å². The van der Waals surface area contributed by atoms with Gasteiger partial charge in [0.1, 0.15) is 11.6 Å². The molecule has 42 heavy (non-hydrogen) atoms. The lowest BCUT2D eigenvalue weighted by Gasteiger charge is -2.27. The van der Waals surface area contributed by atoms with Gasteiger partial charge in [0.15, 0.2) is 6.61 Å². The Hall–Kier alpha value is -4.02. The Morgan fingerprint density at radius 3 is 2.26 bits per heavy atom. The average Bonchev–Trinajstić information content (AvgIpc) is 2.95. The van der Waals surface area contributed by atoms with Crippen LogP contribution in [0.1, 0.15) is 57.6 Å². The molecular weight excluding hydrogens is 554 g/mol. The molecular formula is C32H37N3O6S. The predicted molar refractivity (Wildman–Crippen MR) is 163 cm³/mol. The van der Waals surface area contributed by atoms with E-state index in [1.165, 1.54) is 22.0 Å². The summed E-state index contributed by atoms with van der Waals surface area (Å²) in [4.78, 5) is 30.7. The van der Waals surface area contributed by atoms with Crippen LogP contribution in [0, 0.1) is 6.92 Å². The second kappa shape index (κ2) is 12.1. The summed E-state index contributed by atoms with van der Waals surface area (Å²) in [6.45, 7) is 11.5. The first-order valence-corrected chi connectivity index (χ1v) is 15.2. The van der Waals surface area contributed by atoms with Crippen molar-refractivity contribution in [3.63, 3.8) is 0 Å². The molecule has 0 saturated heterocycles. The molecule has 1 aromatic heterocycles. The first-order chi connectivity index (χ1) is 19.7. The molecule has 0 amide bonds. The van der Waals surface area contributed by atoms with Gasteiger partial charge in [-0.15, -0.1) is 0 Å². The fourth-order valence-corrected chi connectivity index (χ4v) is 5.83. The molecule has 1 unspecified atom stereocenters. The summed E-state index contributed by atoms with van der Waals surface area (Å²) >= 11 is 0. The minimum Gasteiger partial charge on any atom is -0.482 e. The van der Waals surface area contributed by atoms with Gasteiger partial charge in [-0.2, -0.15) is 4.31 Å². The maximum Gasteiger partial charge on any atom is 0.344 e. The molecule has 1 atom stereocenters. The number of hydrogen-bond acceptors (Lipinski definition) is 7. The van der Waals surface area contributed by atoms with Crippen molar-refractivity contribution in [1.29, 1.82) is 0 Å². The van der Waals surface area contributed by atoms with E-state index in [-0.39, 0.29) is 34.7 Å². The SMILES string of the molecule is CCOC(=O)COc1ccc2nc(C(C)N(C)S(=O)(=O)c3ccc(C(C)(C)C)cc3)n(-c3ccc(C)cc3)c(=O)c2c1. The van der Waals surface area contributed by atoms with E-state index in [0.29, 0.717) is 17.0 Å². The maximum absolute atomic E-state index is 14.0. The van der Waals surface area contributed by atoms with Crippen molar-refractivity contribution in [2.45, 2.75) is 57.9 Å². The van der Waals surface area contributed by atoms with Crippen LogP contribution in [0.15, 0.2) is 76.4 Å². The Kier molecular flexibility index (Phi) is 8.89. The topological polar surface area (TPSA) is 108 Å². The van der Waals surface area contributed by atoms with Gasteiger partial charge in [0.25, 0.3) is 5.56 Å². The number of fused-ring (bicyclic) bond motifs is 1. The van der Waals surface area contributed by atoms with E-state index >= 15 is 0 Å². The van der Waals surface area contributed by atoms with Gasteiger partial charge in [-0.1, -0.05) is 50.6 Å². The van der Waals surface area contributed by atoms with Crippen LogP contribution in [0.4, 0.5) is 0 Å². The van der Waals surface area contributed by atoms with E-state index in [2.05, 4.69) is 20.8 Å². The Morgan fingerprint density at radius 1 is 1.02 bits per heavy atom. The van der Waals surface area contributed by atoms with E-state index in [4.69, 9.17) is 14.5 Å². The number of aryl methyl sites for hydroxylation is 1. The molecule has 0 bridgehead atoms. The minimum atomic E-state index is -3.93. The Bertz CT molecular complexity index is 1760. The highest BCUT2D eigenvalue weighted by Gasteiger charge is 2.30. The number of carbonyl (C=O) groups excluding carboxylic acids is 1. The number of rotatable bonds is 9. The lowest BCUT2D eigenvalue weighted by molar-refractivity contribution is -0.145. The summed E-state index contributed by atoms with van der Waals surface area (Å²) in [5, 5.41) is 0.260. The standard InChI is InChI=1S/C32H37N3O6S/c1-8-40-29(36)20-41-25-15-18-28-27(19-25)31(37)35(24-13-9-21(2)10-14-24)30(33-28)22(3)34(7)42(38,39)26-16-11-23(12-17-26)32(4,5)6/h9-19,22H,8,20H2,1-7H3. The lowest BCUT2D eigenvalue weighted by atomic mass is 9.87.